The average Bonchev–Trinajstić information content (AvgIpc) is 3.49. The number of benzene rings is 3. The molecule has 0 aliphatic heterocycles. The van der Waals surface area contributed by atoms with E-state index in [0.29, 0.717) is 17.4 Å². The fourth-order valence-electron chi connectivity index (χ4n) is 3.90. The van der Waals surface area contributed by atoms with E-state index in [0.717, 1.165) is 33.7 Å². The van der Waals surface area contributed by atoms with Gasteiger partial charge in [0.25, 0.3) is 0 Å². The van der Waals surface area contributed by atoms with Crippen molar-refractivity contribution in [2.45, 2.75) is 11.8 Å². The maximum absolute atomic E-state index is 12.9. The second-order valence-corrected chi connectivity index (χ2v) is 8.92. The number of rotatable bonds is 8. The molecule has 6 nitrogen and oxygen atoms in total. The number of hydrogen-bond acceptors (Lipinski definition) is 5. The minimum Gasteiger partial charge on any atom is -0.444 e. The third-order valence-corrected chi connectivity index (χ3v) is 6.54. The molecule has 0 fully saturated rings. The Bertz CT molecular complexity index is 1400. The van der Waals surface area contributed by atoms with Crippen LogP contribution in [0.4, 0.5) is 0 Å². The van der Waals surface area contributed by atoms with E-state index in [9.17, 15) is 4.79 Å². The number of hydrogen-bond donors (Lipinski definition) is 1. The maximum Gasteiger partial charge on any atom is 0.230 e. The zero-order valence-electron chi connectivity index (χ0n) is 18.7. The van der Waals surface area contributed by atoms with Gasteiger partial charge < -0.3 is 14.3 Å². The molecule has 3 aromatic carbocycles. The zero-order chi connectivity index (χ0) is 23.3. The predicted molar refractivity (Wildman–Crippen MR) is 135 cm³/mol. The van der Waals surface area contributed by atoms with Gasteiger partial charge in [-0.2, -0.15) is 0 Å². The number of nitrogens with one attached hydrogen (secondary N) is 1. The van der Waals surface area contributed by atoms with Crippen LogP contribution in [0.15, 0.2) is 95.6 Å². The van der Waals surface area contributed by atoms with Crippen LogP contribution in [0.1, 0.15) is 23.1 Å². The predicted octanol–water partition coefficient (Wildman–Crippen LogP) is 5.37. The summed E-state index contributed by atoms with van der Waals surface area (Å²) in [5.41, 5.74) is 4.67. The van der Waals surface area contributed by atoms with E-state index < -0.39 is 0 Å². The summed E-state index contributed by atoms with van der Waals surface area (Å²) >= 11 is 1.50. The molecule has 1 unspecified atom stereocenters. The van der Waals surface area contributed by atoms with Gasteiger partial charge in [-0.1, -0.05) is 60.7 Å². The van der Waals surface area contributed by atoms with Crippen molar-refractivity contribution in [3.63, 3.8) is 0 Å². The van der Waals surface area contributed by atoms with Gasteiger partial charge in [-0.05, 0) is 29.8 Å². The number of nitrogens with zero attached hydrogens (tertiary/aromatic N) is 3. The fraction of sp³-hybridized carbons (Fsp3) is 0.148. The molecule has 1 N–H and O–H groups in total. The number of fused-ring (bicyclic) bond motifs is 1. The third kappa shape index (κ3) is 4.75. The molecular formula is C27H24N4O2S. The summed E-state index contributed by atoms with van der Waals surface area (Å²) in [4.78, 5) is 22.3. The largest absolute Gasteiger partial charge is 0.444 e. The molecule has 0 aliphatic rings. The van der Waals surface area contributed by atoms with E-state index in [2.05, 4.69) is 10.3 Å². The molecule has 170 valence electrons. The summed E-state index contributed by atoms with van der Waals surface area (Å²) in [5, 5.41) is 3.18. The van der Waals surface area contributed by atoms with Crippen molar-refractivity contribution >= 4 is 28.7 Å². The number of amides is 1. The molecule has 2 aromatic heterocycles. The highest BCUT2D eigenvalue weighted by Crippen LogP contribution is 2.25. The van der Waals surface area contributed by atoms with Crippen molar-refractivity contribution in [3.8, 4) is 11.5 Å². The van der Waals surface area contributed by atoms with Crippen LogP contribution in [0.25, 0.3) is 22.5 Å². The van der Waals surface area contributed by atoms with Crippen LogP contribution >= 0.6 is 11.8 Å². The number of carbonyl (C=O) groups is 1. The highest BCUT2D eigenvalue weighted by atomic mass is 32.2. The molecule has 0 saturated heterocycles. The highest BCUT2D eigenvalue weighted by molar-refractivity contribution is 7.99. The summed E-state index contributed by atoms with van der Waals surface area (Å²) in [5.74, 6) is 2.23. The van der Waals surface area contributed by atoms with E-state index in [1.807, 2.05) is 96.5 Å². The first-order valence-electron chi connectivity index (χ1n) is 11.0. The van der Waals surface area contributed by atoms with Crippen LogP contribution in [0, 0.1) is 0 Å². The quantitative estimate of drug-likeness (QED) is 0.332. The van der Waals surface area contributed by atoms with Crippen molar-refractivity contribution in [1.29, 1.82) is 0 Å². The molecule has 5 rings (SSSR count). The lowest BCUT2D eigenvalue weighted by molar-refractivity contribution is -0.119. The Morgan fingerprint density at radius 2 is 1.68 bits per heavy atom. The minimum absolute atomic E-state index is 0.0577. The van der Waals surface area contributed by atoms with Gasteiger partial charge in [0.05, 0.1) is 22.5 Å². The number of imidazole rings is 1. The van der Waals surface area contributed by atoms with Crippen LogP contribution in [-0.2, 0) is 17.6 Å². The Hall–Kier alpha value is -3.84. The first kappa shape index (κ1) is 22.0. The number of aryl methyl sites for hydroxylation is 1. The topological polar surface area (TPSA) is 73.0 Å². The van der Waals surface area contributed by atoms with Gasteiger partial charge in [0.15, 0.2) is 0 Å². The van der Waals surface area contributed by atoms with Crippen LogP contribution < -0.4 is 5.32 Å². The van der Waals surface area contributed by atoms with E-state index >= 15 is 0 Å². The molecule has 1 atom stereocenters. The van der Waals surface area contributed by atoms with Crippen LogP contribution in [0.2, 0.25) is 0 Å². The number of para-hydroxylation sites is 2. The Balaban J connectivity index is 1.27. The summed E-state index contributed by atoms with van der Waals surface area (Å²) in [6.07, 6.45) is 1.65. The third-order valence-electron chi connectivity index (χ3n) is 5.57. The number of aromatic nitrogens is 3. The fourth-order valence-corrected chi connectivity index (χ4v) is 4.61. The van der Waals surface area contributed by atoms with Crippen molar-refractivity contribution in [2.75, 3.05) is 5.75 Å². The Kier molecular flexibility index (Phi) is 6.44. The number of oxazole rings is 1. The van der Waals surface area contributed by atoms with Crippen LogP contribution in [-0.4, -0.2) is 26.2 Å². The zero-order valence-corrected chi connectivity index (χ0v) is 19.5. The summed E-state index contributed by atoms with van der Waals surface area (Å²) in [7, 11) is 1.98. The second kappa shape index (κ2) is 9.97. The Morgan fingerprint density at radius 3 is 2.44 bits per heavy atom. The Labute approximate surface area is 202 Å². The molecular weight excluding hydrogens is 444 g/mol. The summed E-state index contributed by atoms with van der Waals surface area (Å²) < 4.78 is 7.64. The molecule has 34 heavy (non-hydrogen) atoms. The van der Waals surface area contributed by atoms with E-state index in [1.165, 1.54) is 11.8 Å². The lowest BCUT2D eigenvalue weighted by Gasteiger charge is -2.19. The first-order chi connectivity index (χ1) is 16.7. The lowest BCUT2D eigenvalue weighted by atomic mass is 10.1. The van der Waals surface area contributed by atoms with Crippen molar-refractivity contribution in [1.82, 2.24) is 19.9 Å². The van der Waals surface area contributed by atoms with Crippen molar-refractivity contribution in [2.24, 2.45) is 7.05 Å². The van der Waals surface area contributed by atoms with Gasteiger partial charge in [-0.15, -0.1) is 11.8 Å². The van der Waals surface area contributed by atoms with Gasteiger partial charge >= 0.3 is 0 Å². The standard InChI is InChI=1S/C27H24N4O2S/c1-31-23-15-9-8-14-22(23)29-26(31)25(19-10-4-2-5-11-19)30-24(32)18-34-17-21-16-33-27(28-21)20-12-6-3-7-13-20/h2-16,25H,17-18H2,1H3,(H,30,32). The molecule has 0 bridgehead atoms. The van der Waals surface area contributed by atoms with E-state index in [-0.39, 0.29) is 11.9 Å². The second-order valence-electron chi connectivity index (χ2n) is 7.93. The monoisotopic (exact) mass is 468 g/mol. The normalized spacial score (nSPS) is 12.0. The Morgan fingerprint density at radius 1 is 0.971 bits per heavy atom. The van der Waals surface area contributed by atoms with Gasteiger partial charge in [-0.3, -0.25) is 4.79 Å². The van der Waals surface area contributed by atoms with E-state index in [1.54, 1.807) is 6.26 Å². The summed E-state index contributed by atoms with van der Waals surface area (Å²) in [6.45, 7) is 0. The first-order valence-corrected chi connectivity index (χ1v) is 12.2. The molecule has 2 heterocycles. The van der Waals surface area contributed by atoms with Gasteiger partial charge in [0.2, 0.25) is 11.8 Å². The lowest BCUT2D eigenvalue weighted by Crippen LogP contribution is -2.32. The average molecular weight is 469 g/mol. The molecule has 0 radical (unpaired) electrons. The van der Waals surface area contributed by atoms with Crippen molar-refractivity contribution < 1.29 is 9.21 Å². The molecule has 7 heteroatoms. The number of carbonyl (C=O) groups excluding carboxylic acids is 1. The minimum atomic E-state index is -0.344. The van der Waals surface area contributed by atoms with Crippen LogP contribution in [0.3, 0.4) is 0 Å². The highest BCUT2D eigenvalue weighted by Gasteiger charge is 2.22. The van der Waals surface area contributed by atoms with Gasteiger partial charge in [0, 0.05) is 18.4 Å². The smallest absolute Gasteiger partial charge is 0.230 e. The van der Waals surface area contributed by atoms with Crippen molar-refractivity contribution in [3.05, 3.63) is 108 Å². The number of thioether (sulfide) groups is 1. The molecule has 1 amide bonds. The molecule has 0 saturated carbocycles. The molecule has 0 aliphatic carbocycles. The maximum atomic E-state index is 12.9. The van der Waals surface area contributed by atoms with E-state index in [4.69, 9.17) is 9.40 Å². The van der Waals surface area contributed by atoms with Gasteiger partial charge in [-0.25, -0.2) is 9.97 Å². The molecule has 0 spiro atoms. The summed E-state index contributed by atoms with van der Waals surface area (Å²) in [6, 6.07) is 27.4. The molecule has 5 aromatic rings. The van der Waals surface area contributed by atoms with Gasteiger partial charge in [0.1, 0.15) is 18.1 Å². The van der Waals surface area contributed by atoms with Crippen LogP contribution in [0.5, 0.6) is 0 Å². The SMILES string of the molecule is Cn1c(C(NC(=O)CSCc2coc(-c3ccccc3)n2)c2ccccc2)nc2ccccc21.